The van der Waals surface area contributed by atoms with Crippen LogP contribution in [0.15, 0.2) is 41.4 Å². The van der Waals surface area contributed by atoms with Gasteiger partial charge in [-0.2, -0.15) is 0 Å². The topological polar surface area (TPSA) is 92.3 Å². The van der Waals surface area contributed by atoms with E-state index in [1.807, 2.05) is 37.3 Å². The number of benzene rings is 2. The summed E-state index contributed by atoms with van der Waals surface area (Å²) in [7, 11) is 6.60. The lowest BCUT2D eigenvalue weighted by Gasteiger charge is -2.17. The van der Waals surface area contributed by atoms with Crippen LogP contribution in [0.2, 0.25) is 0 Å². The molecule has 1 aliphatic heterocycles. The summed E-state index contributed by atoms with van der Waals surface area (Å²) >= 11 is 0. The van der Waals surface area contributed by atoms with Crippen LogP contribution in [-0.2, 0) is 9.59 Å². The summed E-state index contributed by atoms with van der Waals surface area (Å²) in [5.41, 5.74) is 3.76. The van der Waals surface area contributed by atoms with E-state index in [4.69, 9.17) is 14.5 Å². The van der Waals surface area contributed by atoms with E-state index in [1.54, 1.807) is 39.3 Å². The van der Waals surface area contributed by atoms with E-state index in [0.29, 0.717) is 23.6 Å². The summed E-state index contributed by atoms with van der Waals surface area (Å²) in [6.07, 6.45) is 0.605. The monoisotopic (exact) mass is 424 g/mol. The SMILES string of the molecule is CCC(=Nc1ccc(N(C)C(=O)CNC)cc1)C1C(=O)Nc2cc(OC)c(OC)cc21. The van der Waals surface area contributed by atoms with Gasteiger partial charge in [-0.3, -0.25) is 14.6 Å². The van der Waals surface area contributed by atoms with Crippen molar-refractivity contribution < 1.29 is 19.1 Å². The Morgan fingerprint density at radius 1 is 1.16 bits per heavy atom. The van der Waals surface area contributed by atoms with E-state index >= 15 is 0 Å². The summed E-state index contributed by atoms with van der Waals surface area (Å²) in [5.74, 6) is 0.470. The predicted octanol–water partition coefficient (Wildman–Crippen LogP) is 3.10. The minimum atomic E-state index is -0.501. The van der Waals surface area contributed by atoms with Crippen LogP contribution in [0.3, 0.4) is 0 Å². The maximum Gasteiger partial charge on any atom is 0.240 e. The fraction of sp³-hybridized carbons (Fsp3) is 0.348. The van der Waals surface area contributed by atoms with Gasteiger partial charge < -0.3 is 25.0 Å². The van der Waals surface area contributed by atoms with Gasteiger partial charge in [-0.25, -0.2) is 0 Å². The molecule has 2 aromatic rings. The fourth-order valence-electron chi connectivity index (χ4n) is 3.60. The Hall–Kier alpha value is -3.39. The van der Waals surface area contributed by atoms with Crippen LogP contribution in [-0.4, -0.2) is 52.4 Å². The van der Waals surface area contributed by atoms with Crippen LogP contribution in [0.25, 0.3) is 0 Å². The second-order valence-corrected chi connectivity index (χ2v) is 7.17. The smallest absolute Gasteiger partial charge is 0.240 e. The number of carbonyl (C=O) groups is 2. The number of likely N-dealkylation sites (N-methyl/N-ethyl adjacent to an activating group) is 2. The molecule has 0 aromatic heterocycles. The summed E-state index contributed by atoms with van der Waals surface area (Å²) in [6.45, 7) is 2.24. The van der Waals surface area contributed by atoms with Crippen molar-refractivity contribution in [3.05, 3.63) is 42.0 Å². The van der Waals surface area contributed by atoms with E-state index in [-0.39, 0.29) is 18.4 Å². The highest BCUT2D eigenvalue weighted by atomic mass is 16.5. The predicted molar refractivity (Wildman–Crippen MR) is 122 cm³/mol. The molecular formula is C23H28N4O4. The molecule has 164 valence electrons. The number of ether oxygens (including phenoxy) is 2. The largest absolute Gasteiger partial charge is 0.493 e. The Morgan fingerprint density at radius 3 is 2.39 bits per heavy atom. The number of aliphatic imine (C=N–C) groups is 1. The van der Waals surface area contributed by atoms with Gasteiger partial charge in [0.05, 0.1) is 26.5 Å². The van der Waals surface area contributed by atoms with E-state index in [1.165, 1.54) is 0 Å². The number of rotatable bonds is 8. The second kappa shape index (κ2) is 9.61. The highest BCUT2D eigenvalue weighted by Crippen LogP contribution is 2.42. The van der Waals surface area contributed by atoms with Gasteiger partial charge in [0, 0.05) is 30.2 Å². The maximum atomic E-state index is 12.8. The van der Waals surface area contributed by atoms with Gasteiger partial charge >= 0.3 is 0 Å². The third-order valence-corrected chi connectivity index (χ3v) is 5.29. The van der Waals surface area contributed by atoms with E-state index in [9.17, 15) is 9.59 Å². The minimum absolute atomic E-state index is 0.0309. The van der Waals surface area contributed by atoms with Crippen molar-refractivity contribution in [2.24, 2.45) is 4.99 Å². The Kier molecular flexibility index (Phi) is 6.91. The summed E-state index contributed by atoms with van der Waals surface area (Å²) in [4.78, 5) is 31.2. The lowest BCUT2D eigenvalue weighted by molar-refractivity contribution is -0.117. The van der Waals surface area contributed by atoms with Gasteiger partial charge in [-0.1, -0.05) is 6.92 Å². The van der Waals surface area contributed by atoms with Crippen molar-refractivity contribution in [1.82, 2.24) is 5.32 Å². The molecular weight excluding hydrogens is 396 g/mol. The molecule has 2 aromatic carbocycles. The van der Waals surface area contributed by atoms with E-state index < -0.39 is 5.92 Å². The summed E-state index contributed by atoms with van der Waals surface area (Å²) in [6, 6.07) is 11.0. The number of carbonyl (C=O) groups excluding carboxylic acids is 2. The molecule has 1 aliphatic rings. The van der Waals surface area contributed by atoms with Crippen LogP contribution < -0.4 is 25.0 Å². The molecule has 2 N–H and O–H groups in total. The van der Waals surface area contributed by atoms with Gasteiger partial charge in [0.15, 0.2) is 11.5 Å². The third kappa shape index (κ3) is 4.54. The fourth-order valence-corrected chi connectivity index (χ4v) is 3.60. The molecule has 0 fully saturated rings. The quantitative estimate of drug-likeness (QED) is 0.636. The Bertz CT molecular complexity index is 1000. The Labute approximate surface area is 182 Å². The lowest BCUT2D eigenvalue weighted by Crippen LogP contribution is -2.33. The molecule has 0 saturated carbocycles. The molecule has 0 saturated heterocycles. The first-order chi connectivity index (χ1) is 14.9. The molecule has 1 atom stereocenters. The zero-order chi connectivity index (χ0) is 22.5. The van der Waals surface area contributed by atoms with Gasteiger partial charge in [-0.05, 0) is 49.4 Å². The van der Waals surface area contributed by atoms with Crippen LogP contribution in [0.4, 0.5) is 17.1 Å². The van der Waals surface area contributed by atoms with Crippen LogP contribution in [0, 0.1) is 0 Å². The van der Waals surface area contributed by atoms with Crippen molar-refractivity contribution in [2.75, 3.05) is 45.1 Å². The molecule has 0 radical (unpaired) electrons. The first-order valence-corrected chi connectivity index (χ1v) is 10.1. The minimum Gasteiger partial charge on any atom is -0.493 e. The summed E-state index contributed by atoms with van der Waals surface area (Å²) in [5, 5.41) is 5.77. The standard InChI is InChI=1S/C23H28N4O4/c1-6-17(25-14-7-9-15(10-8-14)27(3)21(28)13-24-2)22-16-11-19(30-4)20(31-5)12-18(16)26-23(22)29/h7-12,22,24H,6,13H2,1-5H3,(H,26,29). The number of amides is 2. The van der Waals surface area contributed by atoms with Crippen molar-refractivity contribution >= 4 is 34.6 Å². The van der Waals surface area contributed by atoms with Gasteiger partial charge in [0.25, 0.3) is 0 Å². The van der Waals surface area contributed by atoms with Crippen LogP contribution >= 0.6 is 0 Å². The number of nitrogens with zero attached hydrogens (tertiary/aromatic N) is 2. The Balaban J connectivity index is 1.91. The first-order valence-electron chi connectivity index (χ1n) is 10.1. The molecule has 1 heterocycles. The molecule has 1 unspecified atom stereocenters. The van der Waals surface area contributed by atoms with Crippen molar-refractivity contribution in [3.8, 4) is 11.5 Å². The molecule has 0 bridgehead atoms. The van der Waals surface area contributed by atoms with Crippen LogP contribution in [0.1, 0.15) is 24.8 Å². The normalized spacial score (nSPS) is 15.3. The number of hydrogen-bond donors (Lipinski definition) is 2. The number of nitrogens with one attached hydrogen (secondary N) is 2. The van der Waals surface area contributed by atoms with E-state index in [0.717, 1.165) is 22.6 Å². The second-order valence-electron chi connectivity index (χ2n) is 7.17. The molecule has 3 rings (SSSR count). The number of anilines is 2. The molecule has 2 amide bonds. The molecule has 0 aliphatic carbocycles. The van der Waals surface area contributed by atoms with Crippen molar-refractivity contribution in [3.63, 3.8) is 0 Å². The number of methoxy groups -OCH3 is 2. The molecule has 31 heavy (non-hydrogen) atoms. The number of hydrogen-bond acceptors (Lipinski definition) is 6. The zero-order valence-corrected chi connectivity index (χ0v) is 18.5. The van der Waals surface area contributed by atoms with Gasteiger partial charge in [0.2, 0.25) is 11.8 Å². The average Bonchev–Trinajstić information content (AvgIpc) is 3.10. The zero-order valence-electron chi connectivity index (χ0n) is 18.5. The first kappa shape index (κ1) is 22.3. The lowest BCUT2D eigenvalue weighted by atomic mass is 9.93. The van der Waals surface area contributed by atoms with Crippen molar-refractivity contribution in [2.45, 2.75) is 19.3 Å². The van der Waals surface area contributed by atoms with Gasteiger partial charge in [0.1, 0.15) is 5.92 Å². The highest BCUT2D eigenvalue weighted by Gasteiger charge is 2.35. The molecule has 0 spiro atoms. The summed E-state index contributed by atoms with van der Waals surface area (Å²) < 4.78 is 10.7. The third-order valence-electron chi connectivity index (χ3n) is 5.29. The van der Waals surface area contributed by atoms with Crippen LogP contribution in [0.5, 0.6) is 11.5 Å². The number of fused-ring (bicyclic) bond motifs is 1. The maximum absolute atomic E-state index is 12.8. The molecule has 8 heteroatoms. The average molecular weight is 425 g/mol. The van der Waals surface area contributed by atoms with Crippen molar-refractivity contribution in [1.29, 1.82) is 0 Å². The van der Waals surface area contributed by atoms with E-state index in [2.05, 4.69) is 10.6 Å². The van der Waals surface area contributed by atoms with Gasteiger partial charge in [-0.15, -0.1) is 0 Å². The molecule has 8 nitrogen and oxygen atoms in total. The Morgan fingerprint density at radius 2 is 1.81 bits per heavy atom. The highest BCUT2D eigenvalue weighted by molar-refractivity contribution is 6.19.